The van der Waals surface area contributed by atoms with Crippen molar-refractivity contribution < 1.29 is 17.6 Å². The molecule has 1 amide bonds. The van der Waals surface area contributed by atoms with Crippen LogP contribution >= 0.6 is 15.9 Å². The maximum atomic E-state index is 13.5. The molecule has 19 heavy (non-hydrogen) atoms. The van der Waals surface area contributed by atoms with E-state index in [0.29, 0.717) is 0 Å². The lowest BCUT2D eigenvalue weighted by Crippen LogP contribution is -2.39. The second kappa shape index (κ2) is 5.18. The van der Waals surface area contributed by atoms with Gasteiger partial charge in [-0.25, -0.2) is 17.9 Å². The van der Waals surface area contributed by atoms with E-state index in [-0.39, 0.29) is 16.1 Å². The van der Waals surface area contributed by atoms with Gasteiger partial charge in [0.25, 0.3) is 5.91 Å². The first-order valence-electron chi connectivity index (χ1n) is 5.62. The molecule has 0 atom stereocenters. The van der Waals surface area contributed by atoms with Crippen molar-refractivity contribution in [3.63, 3.8) is 0 Å². The molecule has 1 fully saturated rings. The number of primary sulfonamides is 1. The van der Waals surface area contributed by atoms with Gasteiger partial charge in [-0.1, -0.05) is 0 Å². The number of hydrogen-bond acceptors (Lipinski definition) is 3. The van der Waals surface area contributed by atoms with Crippen LogP contribution in [0.1, 0.15) is 29.6 Å². The molecule has 0 aromatic heterocycles. The third-order valence-electron chi connectivity index (χ3n) is 3.01. The minimum absolute atomic E-state index is 0.0531. The van der Waals surface area contributed by atoms with E-state index in [0.717, 1.165) is 31.4 Å². The van der Waals surface area contributed by atoms with Crippen LogP contribution in [-0.4, -0.2) is 20.4 Å². The maximum Gasteiger partial charge on any atom is 0.252 e. The van der Waals surface area contributed by atoms with E-state index in [2.05, 4.69) is 21.2 Å². The summed E-state index contributed by atoms with van der Waals surface area (Å²) in [6.07, 6.45) is 2.84. The molecule has 0 heterocycles. The third-order valence-corrected chi connectivity index (χ3v) is 4.60. The van der Waals surface area contributed by atoms with Crippen molar-refractivity contribution in [2.24, 2.45) is 5.14 Å². The molecule has 0 aliphatic heterocycles. The van der Waals surface area contributed by atoms with E-state index < -0.39 is 26.6 Å². The van der Waals surface area contributed by atoms with Crippen LogP contribution < -0.4 is 10.5 Å². The standard InChI is InChI=1S/C11H12BrFN2O3S/c12-8-5-9(13)10(19(14,17)18)4-7(8)11(16)15-6-2-1-3-6/h4-6H,1-3H2,(H,15,16)(H2,14,17,18). The number of hydrogen-bond donors (Lipinski definition) is 2. The Balaban J connectivity index is 2.36. The zero-order chi connectivity index (χ0) is 14.2. The first-order chi connectivity index (χ1) is 8.79. The number of carbonyl (C=O) groups excluding carboxylic acids is 1. The van der Waals surface area contributed by atoms with Crippen LogP contribution in [-0.2, 0) is 10.0 Å². The molecule has 2 rings (SSSR count). The fourth-order valence-electron chi connectivity index (χ4n) is 1.74. The number of halogens is 2. The Kier molecular flexibility index (Phi) is 3.93. The monoisotopic (exact) mass is 350 g/mol. The van der Waals surface area contributed by atoms with Gasteiger partial charge >= 0.3 is 0 Å². The molecule has 3 N–H and O–H groups in total. The Labute approximate surface area is 118 Å². The predicted molar refractivity (Wildman–Crippen MR) is 70.6 cm³/mol. The summed E-state index contributed by atoms with van der Waals surface area (Å²) in [5.41, 5.74) is 0.0531. The van der Waals surface area contributed by atoms with Crippen LogP contribution in [0.25, 0.3) is 0 Å². The van der Waals surface area contributed by atoms with E-state index in [9.17, 15) is 17.6 Å². The summed E-state index contributed by atoms with van der Waals surface area (Å²) in [4.78, 5) is 11.3. The van der Waals surface area contributed by atoms with Gasteiger partial charge in [-0.2, -0.15) is 0 Å². The summed E-state index contributed by atoms with van der Waals surface area (Å²) in [6, 6.07) is 1.97. The lowest BCUT2D eigenvalue weighted by atomic mass is 9.93. The van der Waals surface area contributed by atoms with E-state index in [1.807, 2.05) is 0 Å². The number of benzene rings is 1. The zero-order valence-corrected chi connectivity index (χ0v) is 12.2. The fourth-order valence-corrected chi connectivity index (χ4v) is 2.85. The molecule has 5 nitrogen and oxygen atoms in total. The van der Waals surface area contributed by atoms with Gasteiger partial charge in [-0.15, -0.1) is 0 Å². The number of nitrogens with two attached hydrogens (primary N) is 1. The molecule has 1 aromatic carbocycles. The van der Waals surface area contributed by atoms with Gasteiger partial charge in [-0.05, 0) is 47.3 Å². The maximum absolute atomic E-state index is 13.5. The highest BCUT2D eigenvalue weighted by Gasteiger charge is 2.24. The summed E-state index contributed by atoms with van der Waals surface area (Å²) < 4.78 is 36.1. The first-order valence-corrected chi connectivity index (χ1v) is 7.95. The van der Waals surface area contributed by atoms with E-state index in [4.69, 9.17) is 5.14 Å². The van der Waals surface area contributed by atoms with Gasteiger partial charge in [0.15, 0.2) is 0 Å². The molecule has 1 aliphatic carbocycles. The van der Waals surface area contributed by atoms with Crippen molar-refractivity contribution in [2.75, 3.05) is 0 Å². The van der Waals surface area contributed by atoms with Crippen LogP contribution in [0.4, 0.5) is 4.39 Å². The summed E-state index contributed by atoms with van der Waals surface area (Å²) in [5.74, 6) is -1.43. The number of carbonyl (C=O) groups is 1. The van der Waals surface area contributed by atoms with Crippen LogP contribution in [0.2, 0.25) is 0 Å². The van der Waals surface area contributed by atoms with Gasteiger partial charge < -0.3 is 5.32 Å². The SMILES string of the molecule is NS(=O)(=O)c1cc(C(=O)NC2CCC2)c(Br)cc1F. The van der Waals surface area contributed by atoms with E-state index in [1.54, 1.807) is 0 Å². The smallest absolute Gasteiger partial charge is 0.252 e. The van der Waals surface area contributed by atoms with Gasteiger partial charge in [0, 0.05) is 10.5 Å². The Hall–Kier alpha value is -0.990. The van der Waals surface area contributed by atoms with Crippen LogP contribution in [0.5, 0.6) is 0 Å². The van der Waals surface area contributed by atoms with E-state index >= 15 is 0 Å². The average molecular weight is 351 g/mol. The minimum Gasteiger partial charge on any atom is -0.349 e. The lowest BCUT2D eigenvalue weighted by molar-refractivity contribution is 0.0916. The molecule has 104 valence electrons. The predicted octanol–water partition coefficient (Wildman–Crippen LogP) is 1.52. The Morgan fingerprint density at radius 3 is 2.53 bits per heavy atom. The normalized spacial score (nSPS) is 15.9. The fraction of sp³-hybridized carbons (Fsp3) is 0.364. The number of amides is 1. The van der Waals surface area contributed by atoms with Crippen molar-refractivity contribution >= 4 is 31.9 Å². The molecule has 0 bridgehead atoms. The number of rotatable bonds is 3. The molecular weight excluding hydrogens is 339 g/mol. The molecule has 0 saturated heterocycles. The Bertz CT molecular complexity index is 629. The van der Waals surface area contributed by atoms with Crippen molar-refractivity contribution in [1.29, 1.82) is 0 Å². The molecule has 0 unspecified atom stereocenters. The van der Waals surface area contributed by atoms with E-state index in [1.165, 1.54) is 0 Å². The Morgan fingerprint density at radius 1 is 1.42 bits per heavy atom. The van der Waals surface area contributed by atoms with Gasteiger partial charge in [0.2, 0.25) is 10.0 Å². The molecule has 1 aliphatic rings. The highest BCUT2D eigenvalue weighted by Crippen LogP contribution is 2.25. The molecular formula is C11H12BrFN2O3S. The lowest BCUT2D eigenvalue weighted by Gasteiger charge is -2.26. The van der Waals surface area contributed by atoms with Crippen molar-refractivity contribution in [3.8, 4) is 0 Å². The number of nitrogens with one attached hydrogen (secondary N) is 1. The topological polar surface area (TPSA) is 89.3 Å². The minimum atomic E-state index is -4.20. The zero-order valence-electron chi connectivity index (χ0n) is 9.82. The largest absolute Gasteiger partial charge is 0.349 e. The molecule has 0 radical (unpaired) electrons. The first kappa shape index (κ1) is 14.4. The summed E-state index contributed by atoms with van der Waals surface area (Å²) in [5, 5.41) is 7.65. The van der Waals surface area contributed by atoms with Gasteiger partial charge in [-0.3, -0.25) is 4.79 Å². The van der Waals surface area contributed by atoms with Gasteiger partial charge in [0.1, 0.15) is 10.7 Å². The molecule has 0 spiro atoms. The highest BCUT2D eigenvalue weighted by atomic mass is 79.9. The molecule has 1 aromatic rings. The number of sulfonamides is 1. The van der Waals surface area contributed by atoms with Crippen molar-refractivity contribution in [2.45, 2.75) is 30.2 Å². The molecule has 1 saturated carbocycles. The van der Waals surface area contributed by atoms with Crippen molar-refractivity contribution in [1.82, 2.24) is 5.32 Å². The highest BCUT2D eigenvalue weighted by molar-refractivity contribution is 9.10. The Morgan fingerprint density at radius 2 is 2.05 bits per heavy atom. The van der Waals surface area contributed by atoms with Crippen LogP contribution in [0.3, 0.4) is 0 Å². The summed E-state index contributed by atoms with van der Waals surface area (Å²) in [6.45, 7) is 0. The molecule has 8 heteroatoms. The van der Waals surface area contributed by atoms with Crippen molar-refractivity contribution in [3.05, 3.63) is 28.0 Å². The van der Waals surface area contributed by atoms with Crippen LogP contribution in [0.15, 0.2) is 21.5 Å². The second-order valence-electron chi connectivity index (χ2n) is 4.41. The summed E-state index contributed by atoms with van der Waals surface area (Å²) >= 11 is 3.04. The van der Waals surface area contributed by atoms with Gasteiger partial charge in [0.05, 0.1) is 5.56 Å². The van der Waals surface area contributed by atoms with Crippen LogP contribution in [0, 0.1) is 5.82 Å². The third kappa shape index (κ3) is 3.13. The average Bonchev–Trinajstić information content (AvgIpc) is 2.21. The quantitative estimate of drug-likeness (QED) is 0.865. The second-order valence-corrected chi connectivity index (χ2v) is 6.79. The summed E-state index contributed by atoms with van der Waals surface area (Å²) in [7, 11) is -4.20.